The van der Waals surface area contributed by atoms with Crippen LogP contribution >= 0.6 is 0 Å². The van der Waals surface area contributed by atoms with E-state index < -0.39 is 0 Å². The number of allylic oxidation sites excluding steroid dienone is 3. The predicted octanol–water partition coefficient (Wildman–Crippen LogP) is 4.42. The first-order chi connectivity index (χ1) is 11.1. The summed E-state index contributed by atoms with van der Waals surface area (Å²) in [7, 11) is 1.96. The number of hydrogen-bond acceptors (Lipinski definition) is 2. The van der Waals surface area contributed by atoms with Crippen LogP contribution in [0, 0.1) is 6.92 Å². The van der Waals surface area contributed by atoms with E-state index in [2.05, 4.69) is 85.7 Å². The first-order valence-corrected chi connectivity index (χ1v) is 7.99. The van der Waals surface area contributed by atoms with Gasteiger partial charge in [0, 0.05) is 18.8 Å². The van der Waals surface area contributed by atoms with E-state index in [1.807, 2.05) is 7.05 Å². The number of rotatable bonds is 7. The summed E-state index contributed by atoms with van der Waals surface area (Å²) in [5.74, 6) is 0. The zero-order chi connectivity index (χ0) is 16.7. The van der Waals surface area contributed by atoms with Gasteiger partial charge in [0.1, 0.15) is 0 Å². The van der Waals surface area contributed by atoms with Crippen molar-refractivity contribution in [2.75, 3.05) is 7.05 Å². The van der Waals surface area contributed by atoms with Gasteiger partial charge in [-0.3, -0.25) is 0 Å². The summed E-state index contributed by atoms with van der Waals surface area (Å²) in [6, 6.07) is 17.0. The van der Waals surface area contributed by atoms with E-state index in [0.717, 1.165) is 24.4 Å². The molecule has 2 aromatic carbocycles. The van der Waals surface area contributed by atoms with Crippen LogP contribution in [0.15, 0.2) is 66.9 Å². The van der Waals surface area contributed by atoms with E-state index in [1.165, 1.54) is 22.3 Å². The summed E-state index contributed by atoms with van der Waals surface area (Å²) in [6.45, 7) is 10.1. The van der Waals surface area contributed by atoms with Crippen LogP contribution < -0.4 is 10.6 Å². The molecular weight excluding hydrogens is 280 g/mol. The zero-order valence-corrected chi connectivity index (χ0v) is 14.3. The molecule has 0 amide bonds. The van der Waals surface area contributed by atoms with Crippen LogP contribution in [0.1, 0.15) is 29.2 Å². The lowest BCUT2D eigenvalue weighted by Gasteiger charge is -2.10. The molecule has 0 fully saturated rings. The SMILES string of the molecule is C=C(/C=C(\C)NCc1ccc(CNC)cc1)c1ccccc1C. The Morgan fingerprint density at radius 1 is 1.00 bits per heavy atom. The van der Waals surface area contributed by atoms with Gasteiger partial charge < -0.3 is 10.6 Å². The number of benzene rings is 2. The Balaban J connectivity index is 1.94. The standard InChI is InChI=1S/C21H26N2/c1-16-7-5-6-8-21(16)17(2)13-18(3)23-15-20-11-9-19(10-12-20)14-22-4/h5-13,22-23H,2,14-15H2,1,3-4H3/b18-13+. The smallest absolute Gasteiger partial charge is 0.0397 e. The Hall–Kier alpha value is -2.32. The lowest BCUT2D eigenvalue weighted by atomic mass is 10.0. The Bertz CT molecular complexity index is 681. The third-order valence-corrected chi connectivity index (χ3v) is 3.86. The minimum atomic E-state index is 0.823. The van der Waals surface area contributed by atoms with Gasteiger partial charge in [-0.05, 0) is 54.8 Å². The van der Waals surface area contributed by atoms with Crippen molar-refractivity contribution in [2.24, 2.45) is 0 Å². The van der Waals surface area contributed by atoms with Crippen molar-refractivity contribution >= 4 is 5.57 Å². The maximum atomic E-state index is 4.19. The fourth-order valence-corrected chi connectivity index (χ4v) is 2.54. The van der Waals surface area contributed by atoms with Crippen molar-refractivity contribution in [3.8, 4) is 0 Å². The quantitative estimate of drug-likeness (QED) is 0.740. The molecule has 120 valence electrons. The van der Waals surface area contributed by atoms with Gasteiger partial charge in [0.25, 0.3) is 0 Å². The van der Waals surface area contributed by atoms with Crippen molar-refractivity contribution in [1.82, 2.24) is 10.6 Å². The summed E-state index contributed by atoms with van der Waals surface area (Å²) in [6.07, 6.45) is 2.11. The molecule has 0 spiro atoms. The van der Waals surface area contributed by atoms with E-state index in [9.17, 15) is 0 Å². The van der Waals surface area contributed by atoms with Crippen LogP contribution in [0.3, 0.4) is 0 Å². The van der Waals surface area contributed by atoms with Crippen LogP contribution in [0.2, 0.25) is 0 Å². The van der Waals surface area contributed by atoms with Gasteiger partial charge in [-0.25, -0.2) is 0 Å². The molecule has 0 saturated heterocycles. The van der Waals surface area contributed by atoms with Crippen LogP contribution in [0.25, 0.3) is 5.57 Å². The molecule has 2 aromatic rings. The minimum absolute atomic E-state index is 0.823. The Morgan fingerprint density at radius 2 is 1.61 bits per heavy atom. The molecule has 2 rings (SSSR count). The van der Waals surface area contributed by atoms with Crippen LogP contribution in [0.4, 0.5) is 0 Å². The average Bonchev–Trinajstić information content (AvgIpc) is 2.55. The Kier molecular flexibility index (Phi) is 6.19. The van der Waals surface area contributed by atoms with Crippen LogP contribution in [0.5, 0.6) is 0 Å². The second-order valence-corrected chi connectivity index (χ2v) is 5.87. The predicted molar refractivity (Wildman–Crippen MR) is 100 cm³/mol. The number of aryl methyl sites for hydroxylation is 1. The highest BCUT2D eigenvalue weighted by Gasteiger charge is 2.00. The van der Waals surface area contributed by atoms with Gasteiger partial charge in [-0.15, -0.1) is 0 Å². The summed E-state index contributed by atoms with van der Waals surface area (Å²) in [4.78, 5) is 0. The van der Waals surface area contributed by atoms with Crippen molar-refractivity contribution in [2.45, 2.75) is 26.9 Å². The van der Waals surface area contributed by atoms with Gasteiger partial charge in [-0.1, -0.05) is 55.1 Å². The first kappa shape index (κ1) is 17.0. The van der Waals surface area contributed by atoms with E-state index in [4.69, 9.17) is 0 Å². The monoisotopic (exact) mass is 306 g/mol. The summed E-state index contributed by atoms with van der Waals surface area (Å²) in [5.41, 5.74) is 7.19. The Labute approximate surface area is 139 Å². The van der Waals surface area contributed by atoms with Gasteiger partial charge in [0.2, 0.25) is 0 Å². The molecule has 0 heterocycles. The third-order valence-electron chi connectivity index (χ3n) is 3.86. The highest BCUT2D eigenvalue weighted by Crippen LogP contribution is 2.19. The van der Waals surface area contributed by atoms with Gasteiger partial charge in [-0.2, -0.15) is 0 Å². The molecule has 0 aliphatic heterocycles. The molecule has 0 saturated carbocycles. The number of nitrogens with one attached hydrogen (secondary N) is 2. The normalized spacial score (nSPS) is 11.3. The second kappa shape index (κ2) is 8.35. The van der Waals surface area contributed by atoms with E-state index in [1.54, 1.807) is 0 Å². The number of hydrogen-bond donors (Lipinski definition) is 2. The van der Waals surface area contributed by atoms with Crippen LogP contribution in [-0.4, -0.2) is 7.05 Å². The van der Waals surface area contributed by atoms with Gasteiger partial charge in [0.15, 0.2) is 0 Å². The fraction of sp³-hybridized carbons (Fsp3) is 0.238. The average molecular weight is 306 g/mol. The van der Waals surface area contributed by atoms with E-state index >= 15 is 0 Å². The lowest BCUT2D eigenvalue weighted by Crippen LogP contribution is -2.11. The molecule has 0 bridgehead atoms. The minimum Gasteiger partial charge on any atom is -0.384 e. The van der Waals surface area contributed by atoms with Crippen LogP contribution in [-0.2, 0) is 13.1 Å². The molecule has 2 nitrogen and oxygen atoms in total. The fourth-order valence-electron chi connectivity index (χ4n) is 2.54. The largest absolute Gasteiger partial charge is 0.384 e. The van der Waals surface area contributed by atoms with Gasteiger partial charge >= 0.3 is 0 Å². The maximum absolute atomic E-state index is 4.19. The second-order valence-electron chi connectivity index (χ2n) is 5.87. The zero-order valence-electron chi connectivity index (χ0n) is 14.3. The summed E-state index contributed by atoms with van der Waals surface area (Å²) < 4.78 is 0. The lowest BCUT2D eigenvalue weighted by molar-refractivity contribution is 0.802. The van der Waals surface area contributed by atoms with Gasteiger partial charge in [0.05, 0.1) is 0 Å². The topological polar surface area (TPSA) is 24.1 Å². The summed E-state index contributed by atoms with van der Waals surface area (Å²) >= 11 is 0. The molecule has 0 aliphatic rings. The molecule has 0 unspecified atom stereocenters. The van der Waals surface area contributed by atoms with Crippen molar-refractivity contribution in [3.63, 3.8) is 0 Å². The molecule has 0 aromatic heterocycles. The third kappa shape index (κ3) is 5.11. The molecule has 23 heavy (non-hydrogen) atoms. The molecule has 0 atom stereocenters. The molecule has 0 aliphatic carbocycles. The molecular formula is C21H26N2. The molecule has 0 radical (unpaired) electrons. The molecule has 2 heteroatoms. The first-order valence-electron chi connectivity index (χ1n) is 7.99. The van der Waals surface area contributed by atoms with E-state index in [-0.39, 0.29) is 0 Å². The van der Waals surface area contributed by atoms with Crippen molar-refractivity contribution in [1.29, 1.82) is 0 Å². The highest BCUT2D eigenvalue weighted by atomic mass is 14.9. The highest BCUT2D eigenvalue weighted by molar-refractivity contribution is 5.74. The Morgan fingerprint density at radius 3 is 2.22 bits per heavy atom. The maximum Gasteiger partial charge on any atom is 0.0397 e. The summed E-state index contributed by atoms with van der Waals surface area (Å²) in [5, 5.41) is 6.62. The van der Waals surface area contributed by atoms with E-state index in [0.29, 0.717) is 0 Å². The van der Waals surface area contributed by atoms with Crippen molar-refractivity contribution in [3.05, 3.63) is 89.1 Å². The molecule has 2 N–H and O–H groups in total. The van der Waals surface area contributed by atoms with Crippen molar-refractivity contribution < 1.29 is 0 Å².